The second-order valence-corrected chi connectivity index (χ2v) is 8.52. The summed E-state index contributed by atoms with van der Waals surface area (Å²) in [5.74, 6) is -2.06. The molecule has 2 aliphatic rings. The summed E-state index contributed by atoms with van der Waals surface area (Å²) >= 11 is 0. The number of carbonyl (C=O) groups is 2. The van der Waals surface area contributed by atoms with Crippen LogP contribution in [0.25, 0.3) is 0 Å². The third-order valence-electron chi connectivity index (χ3n) is 4.71. The molecule has 2 fully saturated rings. The Labute approximate surface area is 155 Å². The maximum atomic E-state index is 12.7. The van der Waals surface area contributed by atoms with E-state index in [2.05, 4.69) is 10.3 Å². The van der Waals surface area contributed by atoms with Crippen LogP contribution in [-0.2, 0) is 26.0 Å². The molecule has 1 amide bonds. The van der Waals surface area contributed by atoms with Gasteiger partial charge in [-0.1, -0.05) is 5.21 Å². The van der Waals surface area contributed by atoms with Crippen LogP contribution in [0.5, 0.6) is 0 Å². The molecule has 120 valence electrons. The third kappa shape index (κ3) is 2.26. The SMILES string of the molecule is Cc1nnn(C[C@@]2(C)[C@H](C(=O)[O-])N3C(=O)C[C@H]3S2(=O)=O)c1C.[Na+]. The zero-order valence-electron chi connectivity index (χ0n) is 13.3. The number of fused-ring (bicyclic) bond motifs is 1. The molecule has 23 heavy (non-hydrogen) atoms. The zero-order valence-corrected chi connectivity index (χ0v) is 16.1. The van der Waals surface area contributed by atoms with Crippen molar-refractivity contribution in [1.82, 2.24) is 19.9 Å². The Hall–Kier alpha value is -0.970. The molecule has 0 saturated carbocycles. The van der Waals surface area contributed by atoms with Gasteiger partial charge in [0.15, 0.2) is 9.84 Å². The number of carbonyl (C=O) groups excluding carboxylic acids is 2. The monoisotopic (exact) mass is 350 g/mol. The fraction of sp³-hybridized carbons (Fsp3) is 0.667. The third-order valence-corrected chi connectivity index (χ3v) is 7.48. The Balaban J connectivity index is 0.00000192. The number of sulfone groups is 1. The largest absolute Gasteiger partial charge is 1.00 e. The number of nitrogens with zero attached hydrogens (tertiary/aromatic N) is 4. The first-order chi connectivity index (χ1) is 10.1. The molecule has 0 radical (unpaired) electrons. The van der Waals surface area contributed by atoms with E-state index in [-0.39, 0.29) is 42.5 Å². The first-order valence-corrected chi connectivity index (χ1v) is 8.28. The van der Waals surface area contributed by atoms with E-state index in [1.807, 2.05) is 0 Å². The summed E-state index contributed by atoms with van der Waals surface area (Å²) in [7, 11) is -3.86. The zero-order chi connectivity index (χ0) is 16.4. The van der Waals surface area contributed by atoms with Crippen LogP contribution in [0.4, 0.5) is 0 Å². The van der Waals surface area contributed by atoms with Gasteiger partial charge in [-0.05, 0) is 20.8 Å². The minimum atomic E-state index is -3.86. The minimum absolute atomic E-state index is 0. The number of aryl methyl sites for hydroxylation is 1. The standard InChI is InChI=1S/C12H16N4O5S.Na/c1-6-7(2)15(14-13-6)5-12(3)10(11(18)19)16-8(17)4-9(16)22(12,20)21;/h9-10H,4-5H2,1-3H3,(H,18,19);/q;+1/p-1/t9-,10+,12+;/m1./s1. The number of carboxylic acids is 1. The molecule has 1 aromatic heterocycles. The van der Waals surface area contributed by atoms with Crippen molar-refractivity contribution in [3.63, 3.8) is 0 Å². The fourth-order valence-corrected chi connectivity index (χ4v) is 5.51. The molecule has 2 saturated heterocycles. The van der Waals surface area contributed by atoms with Crippen LogP contribution in [0.15, 0.2) is 0 Å². The Morgan fingerprint density at radius 3 is 2.48 bits per heavy atom. The molecule has 9 nitrogen and oxygen atoms in total. The van der Waals surface area contributed by atoms with Crippen LogP contribution >= 0.6 is 0 Å². The topological polar surface area (TPSA) is 125 Å². The van der Waals surface area contributed by atoms with Crippen molar-refractivity contribution in [3.05, 3.63) is 11.4 Å². The summed E-state index contributed by atoms with van der Waals surface area (Å²) in [6.45, 7) is 4.57. The summed E-state index contributed by atoms with van der Waals surface area (Å²) in [6, 6.07) is -1.52. The van der Waals surface area contributed by atoms with E-state index >= 15 is 0 Å². The van der Waals surface area contributed by atoms with Gasteiger partial charge in [0.2, 0.25) is 5.91 Å². The maximum Gasteiger partial charge on any atom is 1.00 e. The predicted molar refractivity (Wildman–Crippen MR) is 70.9 cm³/mol. The van der Waals surface area contributed by atoms with Crippen LogP contribution in [0.2, 0.25) is 0 Å². The number of amides is 1. The number of aliphatic carboxylic acids is 1. The molecule has 0 aromatic carbocycles. The van der Waals surface area contributed by atoms with Gasteiger partial charge in [-0.25, -0.2) is 13.1 Å². The van der Waals surface area contributed by atoms with Gasteiger partial charge in [-0.15, -0.1) is 5.10 Å². The van der Waals surface area contributed by atoms with E-state index in [0.717, 1.165) is 4.90 Å². The van der Waals surface area contributed by atoms with Crippen molar-refractivity contribution in [2.24, 2.45) is 0 Å². The summed E-state index contributed by atoms with van der Waals surface area (Å²) in [4.78, 5) is 24.1. The van der Waals surface area contributed by atoms with Crippen molar-refractivity contribution < 1.29 is 52.7 Å². The van der Waals surface area contributed by atoms with E-state index in [9.17, 15) is 23.1 Å². The first-order valence-electron chi connectivity index (χ1n) is 6.73. The summed E-state index contributed by atoms with van der Waals surface area (Å²) < 4.78 is 25.1. The maximum absolute atomic E-state index is 12.7. The smallest absolute Gasteiger partial charge is 0.548 e. The molecule has 0 spiro atoms. The molecular formula is C12H15N4NaO5S. The van der Waals surface area contributed by atoms with Gasteiger partial charge in [0.05, 0.1) is 36.4 Å². The average molecular weight is 350 g/mol. The average Bonchev–Trinajstić information content (AvgIpc) is 2.78. The van der Waals surface area contributed by atoms with E-state index in [1.54, 1.807) is 13.8 Å². The molecule has 0 aliphatic carbocycles. The van der Waals surface area contributed by atoms with Crippen molar-refractivity contribution in [2.45, 2.75) is 49.9 Å². The molecule has 1 aromatic rings. The molecule has 3 atom stereocenters. The summed E-state index contributed by atoms with van der Waals surface area (Å²) in [5.41, 5.74) is 1.28. The number of aromatic nitrogens is 3. The van der Waals surface area contributed by atoms with Gasteiger partial charge in [-0.3, -0.25) is 4.79 Å². The van der Waals surface area contributed by atoms with Crippen LogP contribution in [0, 0.1) is 13.8 Å². The van der Waals surface area contributed by atoms with Crippen molar-refractivity contribution >= 4 is 21.7 Å². The Bertz CT molecular complexity index is 791. The quantitative estimate of drug-likeness (QED) is 0.394. The van der Waals surface area contributed by atoms with E-state index in [0.29, 0.717) is 11.4 Å². The van der Waals surface area contributed by atoms with Crippen LogP contribution in [-0.4, -0.2) is 56.4 Å². The predicted octanol–water partition coefficient (Wildman–Crippen LogP) is -5.24. The summed E-state index contributed by atoms with van der Waals surface area (Å²) in [5, 5.41) is 18.1. The second kappa shape index (κ2) is 5.54. The minimum Gasteiger partial charge on any atom is -0.548 e. The van der Waals surface area contributed by atoms with Crippen LogP contribution < -0.4 is 34.7 Å². The Kier molecular flexibility index (Phi) is 4.42. The molecular weight excluding hydrogens is 335 g/mol. The Morgan fingerprint density at radius 2 is 2.04 bits per heavy atom. The van der Waals surface area contributed by atoms with Crippen molar-refractivity contribution in [2.75, 3.05) is 0 Å². The van der Waals surface area contributed by atoms with E-state index < -0.39 is 37.9 Å². The molecule has 11 heteroatoms. The van der Waals surface area contributed by atoms with Gasteiger partial charge < -0.3 is 14.8 Å². The van der Waals surface area contributed by atoms with Gasteiger partial charge in [0.25, 0.3) is 0 Å². The van der Waals surface area contributed by atoms with Gasteiger partial charge in [0, 0.05) is 0 Å². The second-order valence-electron chi connectivity index (χ2n) is 5.96. The molecule has 0 bridgehead atoms. The van der Waals surface area contributed by atoms with Gasteiger partial charge in [-0.2, -0.15) is 0 Å². The summed E-state index contributed by atoms with van der Waals surface area (Å²) in [6.07, 6.45) is -0.183. The molecule has 2 aliphatic heterocycles. The molecule has 0 N–H and O–H groups in total. The number of hydrogen-bond donors (Lipinski definition) is 0. The number of rotatable bonds is 3. The number of β-lactam (4-membered cyclic amide) rings is 1. The van der Waals surface area contributed by atoms with Gasteiger partial charge >= 0.3 is 29.6 Å². The normalized spacial score (nSPS) is 31.3. The number of hydrogen-bond acceptors (Lipinski definition) is 7. The number of carboxylic acid groups (broad SMARTS) is 1. The fourth-order valence-electron chi connectivity index (χ4n) is 3.17. The van der Waals surface area contributed by atoms with E-state index in [4.69, 9.17) is 0 Å². The van der Waals surface area contributed by atoms with Crippen molar-refractivity contribution in [1.29, 1.82) is 0 Å². The molecule has 3 rings (SSSR count). The van der Waals surface area contributed by atoms with Gasteiger partial charge in [0.1, 0.15) is 10.1 Å². The van der Waals surface area contributed by atoms with Crippen molar-refractivity contribution in [3.8, 4) is 0 Å². The molecule has 3 heterocycles. The Morgan fingerprint density at radius 1 is 1.43 bits per heavy atom. The molecule has 0 unspecified atom stereocenters. The van der Waals surface area contributed by atoms with Crippen LogP contribution in [0.1, 0.15) is 24.7 Å². The first kappa shape index (κ1) is 18.4. The van der Waals surface area contributed by atoms with E-state index in [1.165, 1.54) is 11.6 Å². The van der Waals surface area contributed by atoms with Crippen LogP contribution in [0.3, 0.4) is 0 Å².